The summed E-state index contributed by atoms with van der Waals surface area (Å²) in [5, 5.41) is 2.77. The molecule has 33 heavy (non-hydrogen) atoms. The molecule has 9 nitrogen and oxygen atoms in total. The summed E-state index contributed by atoms with van der Waals surface area (Å²) in [7, 11) is -3.79. The number of carbonyl (C=O) groups excluding carboxylic acids is 1. The SMILES string of the molecule is CC(C)n1c(=O)sc2cc(NC(=O)[C@@H](C)N(c3ccc4c(c3)OCCO4)S(C)(=O)=O)ccc21. The smallest absolute Gasteiger partial charge is 0.308 e. The Kier molecular flexibility index (Phi) is 6.10. The Hall–Kier alpha value is -3.05. The van der Waals surface area contributed by atoms with E-state index in [0.29, 0.717) is 36.1 Å². The molecule has 1 aliphatic heterocycles. The molecule has 0 radical (unpaired) electrons. The number of sulfonamides is 1. The molecule has 2 heterocycles. The highest BCUT2D eigenvalue weighted by Crippen LogP contribution is 2.35. The molecule has 0 saturated carbocycles. The van der Waals surface area contributed by atoms with Crippen LogP contribution < -0.4 is 24.0 Å². The molecule has 0 spiro atoms. The van der Waals surface area contributed by atoms with E-state index in [0.717, 1.165) is 32.1 Å². The predicted octanol–water partition coefficient (Wildman–Crippen LogP) is 3.21. The molecule has 1 atom stereocenters. The monoisotopic (exact) mass is 491 g/mol. The van der Waals surface area contributed by atoms with Gasteiger partial charge in [-0.25, -0.2) is 8.42 Å². The maximum atomic E-state index is 13.0. The number of hydrogen-bond donors (Lipinski definition) is 1. The average Bonchev–Trinajstić information content (AvgIpc) is 3.07. The predicted molar refractivity (Wildman–Crippen MR) is 129 cm³/mol. The number of nitrogens with one attached hydrogen (secondary N) is 1. The van der Waals surface area contributed by atoms with Gasteiger partial charge in [0.05, 0.1) is 22.2 Å². The standard InChI is InChI=1S/C22H25N3O6S2/c1-13(2)24-17-7-5-15(11-20(17)32-22(24)27)23-21(26)14(3)25(33(4,28)29)16-6-8-18-19(12-16)31-10-9-30-18/h5-8,11-14H,9-10H2,1-4H3,(H,23,26)/t14-/m1/s1. The molecule has 11 heteroatoms. The minimum absolute atomic E-state index is 0.0148. The third-order valence-electron chi connectivity index (χ3n) is 5.27. The van der Waals surface area contributed by atoms with Crippen LogP contribution >= 0.6 is 11.3 Å². The highest BCUT2D eigenvalue weighted by Gasteiger charge is 2.30. The van der Waals surface area contributed by atoms with Crippen molar-refractivity contribution >= 4 is 48.9 Å². The van der Waals surface area contributed by atoms with Crippen molar-refractivity contribution in [2.24, 2.45) is 0 Å². The summed E-state index contributed by atoms with van der Waals surface area (Å²) in [4.78, 5) is 25.3. The van der Waals surface area contributed by atoms with Gasteiger partial charge in [-0.05, 0) is 51.1 Å². The molecule has 176 valence electrons. The van der Waals surface area contributed by atoms with E-state index in [2.05, 4.69) is 5.32 Å². The molecule has 3 aromatic rings. The lowest BCUT2D eigenvalue weighted by atomic mass is 10.2. The molecule has 0 aliphatic carbocycles. The fourth-order valence-electron chi connectivity index (χ4n) is 3.83. The molecule has 4 rings (SSSR count). The van der Waals surface area contributed by atoms with Gasteiger partial charge >= 0.3 is 4.87 Å². The van der Waals surface area contributed by atoms with Gasteiger partial charge in [-0.1, -0.05) is 11.3 Å². The molecule has 0 fully saturated rings. The topological polar surface area (TPSA) is 107 Å². The molecule has 0 unspecified atom stereocenters. The summed E-state index contributed by atoms with van der Waals surface area (Å²) in [6, 6.07) is 8.93. The normalized spacial score (nSPS) is 14.3. The van der Waals surface area contributed by atoms with E-state index in [9.17, 15) is 18.0 Å². The van der Waals surface area contributed by atoms with E-state index in [1.807, 2.05) is 13.8 Å². The minimum Gasteiger partial charge on any atom is -0.486 e. The van der Waals surface area contributed by atoms with Crippen molar-refractivity contribution in [2.45, 2.75) is 32.9 Å². The van der Waals surface area contributed by atoms with Gasteiger partial charge in [0.25, 0.3) is 0 Å². The lowest BCUT2D eigenvalue weighted by Gasteiger charge is -2.29. The maximum absolute atomic E-state index is 13.0. The number of thiazole rings is 1. The van der Waals surface area contributed by atoms with Crippen LogP contribution in [0.5, 0.6) is 11.5 Å². The summed E-state index contributed by atoms with van der Waals surface area (Å²) >= 11 is 1.10. The zero-order chi connectivity index (χ0) is 23.9. The van der Waals surface area contributed by atoms with Crippen LogP contribution in [0.1, 0.15) is 26.8 Å². The largest absolute Gasteiger partial charge is 0.486 e. The van der Waals surface area contributed by atoms with Gasteiger partial charge in [-0.2, -0.15) is 0 Å². The van der Waals surface area contributed by atoms with Gasteiger partial charge in [0.2, 0.25) is 15.9 Å². The summed E-state index contributed by atoms with van der Waals surface area (Å²) in [5.41, 5.74) is 1.57. The second-order valence-corrected chi connectivity index (χ2v) is 10.9. The fraction of sp³-hybridized carbons (Fsp3) is 0.364. The zero-order valence-corrected chi connectivity index (χ0v) is 20.3. The number of carbonyl (C=O) groups is 1. The van der Waals surface area contributed by atoms with Crippen LogP contribution in [0, 0.1) is 0 Å². The van der Waals surface area contributed by atoms with Crippen LogP contribution in [0.25, 0.3) is 10.2 Å². The molecule has 1 N–H and O–H groups in total. The molecule has 2 aromatic carbocycles. The number of ether oxygens (including phenoxy) is 2. The first-order valence-corrected chi connectivity index (χ1v) is 13.1. The Labute approximate surface area is 195 Å². The number of fused-ring (bicyclic) bond motifs is 2. The highest BCUT2D eigenvalue weighted by molar-refractivity contribution is 7.92. The van der Waals surface area contributed by atoms with Crippen LogP contribution in [0.4, 0.5) is 11.4 Å². The first kappa shape index (κ1) is 23.1. The third-order valence-corrected chi connectivity index (χ3v) is 7.43. The van der Waals surface area contributed by atoms with Gasteiger partial charge in [-0.15, -0.1) is 0 Å². The lowest BCUT2D eigenvalue weighted by molar-refractivity contribution is -0.116. The third kappa shape index (κ3) is 4.55. The summed E-state index contributed by atoms with van der Waals surface area (Å²) in [6.45, 7) is 6.16. The molecule has 1 aliphatic rings. The molecule has 1 aromatic heterocycles. The Morgan fingerprint density at radius 1 is 1.09 bits per heavy atom. The molecule has 0 bridgehead atoms. The van der Waals surface area contributed by atoms with Crippen molar-refractivity contribution in [1.82, 2.24) is 4.57 Å². The highest BCUT2D eigenvalue weighted by atomic mass is 32.2. The first-order chi connectivity index (χ1) is 15.6. The van der Waals surface area contributed by atoms with Gasteiger partial charge in [0.1, 0.15) is 19.3 Å². The quantitative estimate of drug-likeness (QED) is 0.568. The second kappa shape index (κ2) is 8.71. The summed E-state index contributed by atoms with van der Waals surface area (Å²) < 4.78 is 39.8. The van der Waals surface area contributed by atoms with Crippen LogP contribution in [0.3, 0.4) is 0 Å². The fourth-order valence-corrected chi connectivity index (χ4v) is 6.05. The zero-order valence-electron chi connectivity index (χ0n) is 18.7. The van der Waals surface area contributed by atoms with Crippen molar-refractivity contribution in [2.75, 3.05) is 29.1 Å². The van der Waals surface area contributed by atoms with E-state index in [-0.39, 0.29) is 10.9 Å². The molecular weight excluding hydrogens is 466 g/mol. The number of anilines is 2. The molecular formula is C22H25N3O6S2. The van der Waals surface area contributed by atoms with Crippen molar-refractivity contribution in [1.29, 1.82) is 0 Å². The number of rotatable bonds is 6. The number of hydrogen-bond acceptors (Lipinski definition) is 7. The number of aromatic nitrogens is 1. The average molecular weight is 492 g/mol. The molecule has 0 saturated heterocycles. The van der Waals surface area contributed by atoms with E-state index in [1.165, 1.54) is 6.92 Å². The lowest BCUT2D eigenvalue weighted by Crippen LogP contribution is -2.45. The Morgan fingerprint density at radius 2 is 1.79 bits per heavy atom. The number of benzene rings is 2. The minimum atomic E-state index is -3.79. The second-order valence-electron chi connectivity index (χ2n) is 8.07. The van der Waals surface area contributed by atoms with Gasteiger partial charge in [-0.3, -0.25) is 18.5 Å². The molecule has 1 amide bonds. The van der Waals surface area contributed by atoms with Gasteiger partial charge in [0, 0.05) is 17.8 Å². The Bertz CT molecular complexity index is 1380. The van der Waals surface area contributed by atoms with E-state index < -0.39 is 22.0 Å². The number of nitrogens with zero attached hydrogens (tertiary/aromatic N) is 2. The van der Waals surface area contributed by atoms with Crippen LogP contribution in [-0.2, 0) is 14.8 Å². The first-order valence-electron chi connectivity index (χ1n) is 10.4. The Morgan fingerprint density at radius 3 is 2.45 bits per heavy atom. The van der Waals surface area contributed by atoms with E-state index >= 15 is 0 Å². The van der Waals surface area contributed by atoms with Crippen molar-refractivity contribution in [3.63, 3.8) is 0 Å². The van der Waals surface area contributed by atoms with Crippen molar-refractivity contribution in [3.8, 4) is 11.5 Å². The summed E-state index contributed by atoms with van der Waals surface area (Å²) in [6.07, 6.45) is 1.05. The van der Waals surface area contributed by atoms with Crippen LogP contribution in [0.15, 0.2) is 41.2 Å². The van der Waals surface area contributed by atoms with Gasteiger partial charge < -0.3 is 14.8 Å². The van der Waals surface area contributed by atoms with Gasteiger partial charge in [0.15, 0.2) is 11.5 Å². The number of amides is 1. The van der Waals surface area contributed by atoms with Crippen molar-refractivity contribution < 1.29 is 22.7 Å². The summed E-state index contributed by atoms with van der Waals surface area (Å²) in [5.74, 6) is 0.441. The van der Waals surface area contributed by atoms with Crippen LogP contribution in [-0.4, -0.2) is 44.4 Å². The van der Waals surface area contributed by atoms with E-state index in [1.54, 1.807) is 41.0 Å². The van der Waals surface area contributed by atoms with Crippen LogP contribution in [0.2, 0.25) is 0 Å². The maximum Gasteiger partial charge on any atom is 0.308 e. The Balaban J connectivity index is 1.62. The van der Waals surface area contributed by atoms with Crippen molar-refractivity contribution in [3.05, 3.63) is 46.1 Å². The van der Waals surface area contributed by atoms with E-state index in [4.69, 9.17) is 9.47 Å².